The van der Waals surface area contributed by atoms with Crippen molar-refractivity contribution < 1.29 is 13.6 Å². The van der Waals surface area contributed by atoms with E-state index in [4.69, 9.17) is 0 Å². The molecule has 0 bridgehead atoms. The van der Waals surface area contributed by atoms with Crippen LogP contribution in [0.15, 0.2) is 11.4 Å². The van der Waals surface area contributed by atoms with Crippen molar-refractivity contribution in [3.63, 3.8) is 0 Å². The van der Waals surface area contributed by atoms with E-state index in [-0.39, 0.29) is 5.91 Å². The third-order valence-electron chi connectivity index (χ3n) is 1.70. The van der Waals surface area contributed by atoms with Gasteiger partial charge in [0.05, 0.1) is 11.4 Å². The molecule has 1 rings (SSSR count). The van der Waals surface area contributed by atoms with Crippen LogP contribution in [0.2, 0.25) is 0 Å². The molecule has 0 saturated heterocycles. The second-order valence-electron chi connectivity index (χ2n) is 3.07. The van der Waals surface area contributed by atoms with Gasteiger partial charge in [-0.1, -0.05) is 0 Å². The van der Waals surface area contributed by atoms with Crippen molar-refractivity contribution in [3.05, 3.63) is 21.9 Å². The van der Waals surface area contributed by atoms with Crippen LogP contribution in [0.5, 0.6) is 0 Å². The van der Waals surface area contributed by atoms with Crippen molar-refractivity contribution in [2.24, 2.45) is 0 Å². The fourth-order valence-corrected chi connectivity index (χ4v) is 1.91. The molecule has 0 aliphatic heterocycles. The summed E-state index contributed by atoms with van der Waals surface area (Å²) in [5, 5.41) is 1.82. The molecule has 0 atom stereocenters. The Morgan fingerprint density at radius 1 is 1.64 bits per heavy atom. The first-order valence-electron chi connectivity index (χ1n) is 4.09. The lowest BCUT2D eigenvalue weighted by atomic mass is 10.3. The van der Waals surface area contributed by atoms with Crippen molar-refractivity contribution in [1.29, 1.82) is 0 Å². The largest absolute Gasteiger partial charge is 0.335 e. The van der Waals surface area contributed by atoms with E-state index in [0.717, 1.165) is 10.5 Å². The summed E-state index contributed by atoms with van der Waals surface area (Å²) in [4.78, 5) is 13.0. The van der Waals surface area contributed by atoms with E-state index >= 15 is 0 Å². The zero-order valence-electron chi connectivity index (χ0n) is 7.96. The van der Waals surface area contributed by atoms with Gasteiger partial charge < -0.3 is 4.90 Å². The van der Waals surface area contributed by atoms with E-state index in [9.17, 15) is 13.6 Å². The molecule has 5 heteroatoms. The molecule has 0 N–H and O–H groups in total. The predicted octanol–water partition coefficient (Wildman–Crippen LogP) is 2.39. The van der Waals surface area contributed by atoms with E-state index in [1.807, 2.05) is 12.3 Å². The van der Waals surface area contributed by atoms with Gasteiger partial charge in [0.1, 0.15) is 0 Å². The molecule has 1 heterocycles. The van der Waals surface area contributed by atoms with Crippen LogP contribution in [-0.2, 0) is 0 Å². The highest BCUT2D eigenvalue weighted by Crippen LogP contribution is 2.15. The van der Waals surface area contributed by atoms with E-state index in [1.165, 1.54) is 18.4 Å². The fraction of sp³-hybridized carbons (Fsp3) is 0.444. The highest BCUT2D eigenvalue weighted by atomic mass is 32.1. The second kappa shape index (κ2) is 4.50. The van der Waals surface area contributed by atoms with Crippen LogP contribution < -0.4 is 0 Å². The molecule has 0 saturated carbocycles. The van der Waals surface area contributed by atoms with Gasteiger partial charge in [-0.2, -0.15) is 0 Å². The minimum atomic E-state index is -2.48. The van der Waals surface area contributed by atoms with Crippen LogP contribution in [0.3, 0.4) is 0 Å². The molecule has 1 aromatic rings. The molecule has 1 amide bonds. The first kappa shape index (κ1) is 11.1. The lowest BCUT2D eigenvalue weighted by Crippen LogP contribution is -2.30. The summed E-state index contributed by atoms with van der Waals surface area (Å²) < 4.78 is 24.0. The Balaban J connectivity index is 2.65. The van der Waals surface area contributed by atoms with Gasteiger partial charge in [0.15, 0.2) is 0 Å². The van der Waals surface area contributed by atoms with E-state index < -0.39 is 13.0 Å². The van der Waals surface area contributed by atoms with Crippen LogP contribution in [0.1, 0.15) is 15.2 Å². The van der Waals surface area contributed by atoms with Gasteiger partial charge in [-0.05, 0) is 23.9 Å². The smallest absolute Gasteiger partial charge is 0.263 e. The Kier molecular flexibility index (Phi) is 3.57. The van der Waals surface area contributed by atoms with Crippen molar-refractivity contribution in [2.75, 3.05) is 13.6 Å². The SMILES string of the molecule is Cc1csc(C(=O)N(C)CC(F)F)c1. The normalized spacial score (nSPS) is 10.6. The van der Waals surface area contributed by atoms with E-state index in [0.29, 0.717) is 4.88 Å². The van der Waals surface area contributed by atoms with Gasteiger partial charge in [0, 0.05) is 7.05 Å². The van der Waals surface area contributed by atoms with Gasteiger partial charge in [0.2, 0.25) is 0 Å². The van der Waals surface area contributed by atoms with Crippen molar-refractivity contribution in [3.8, 4) is 0 Å². The van der Waals surface area contributed by atoms with E-state index in [2.05, 4.69) is 0 Å². The summed E-state index contributed by atoms with van der Waals surface area (Å²) in [5.41, 5.74) is 0.976. The molecular formula is C9H11F2NOS. The average molecular weight is 219 g/mol. The minimum absolute atomic E-state index is 0.344. The summed E-state index contributed by atoms with van der Waals surface area (Å²) in [7, 11) is 1.38. The molecule has 1 aromatic heterocycles. The summed E-state index contributed by atoms with van der Waals surface area (Å²) >= 11 is 1.28. The molecule has 0 aliphatic rings. The lowest BCUT2D eigenvalue weighted by molar-refractivity contribution is 0.0624. The zero-order chi connectivity index (χ0) is 10.7. The number of hydrogen-bond donors (Lipinski definition) is 0. The maximum Gasteiger partial charge on any atom is 0.263 e. The molecule has 0 spiro atoms. The van der Waals surface area contributed by atoms with Crippen LogP contribution in [0.4, 0.5) is 8.78 Å². The van der Waals surface area contributed by atoms with Gasteiger partial charge >= 0.3 is 0 Å². The Bertz CT molecular complexity index is 324. The second-order valence-corrected chi connectivity index (χ2v) is 3.98. The number of nitrogens with zero attached hydrogens (tertiary/aromatic N) is 1. The van der Waals surface area contributed by atoms with E-state index in [1.54, 1.807) is 6.07 Å². The molecule has 2 nitrogen and oxygen atoms in total. The molecule has 0 radical (unpaired) electrons. The van der Waals surface area contributed by atoms with Crippen molar-refractivity contribution in [2.45, 2.75) is 13.3 Å². The number of carbonyl (C=O) groups is 1. The van der Waals surface area contributed by atoms with Crippen LogP contribution >= 0.6 is 11.3 Å². The Hall–Kier alpha value is -0.970. The van der Waals surface area contributed by atoms with Crippen LogP contribution in [-0.4, -0.2) is 30.8 Å². The summed E-state index contributed by atoms with van der Waals surface area (Å²) in [6, 6.07) is 1.70. The Morgan fingerprint density at radius 2 is 2.29 bits per heavy atom. The number of amides is 1. The molecule has 0 aliphatic carbocycles. The van der Waals surface area contributed by atoms with Crippen LogP contribution in [0.25, 0.3) is 0 Å². The van der Waals surface area contributed by atoms with Gasteiger partial charge in [-0.15, -0.1) is 11.3 Å². The van der Waals surface area contributed by atoms with Crippen molar-refractivity contribution in [1.82, 2.24) is 4.90 Å². The first-order valence-corrected chi connectivity index (χ1v) is 4.97. The number of thiophene rings is 1. The maximum atomic E-state index is 12.0. The van der Waals surface area contributed by atoms with Crippen LogP contribution in [0, 0.1) is 6.92 Å². The molecule has 78 valence electrons. The third-order valence-corrected chi connectivity index (χ3v) is 2.74. The molecular weight excluding hydrogens is 208 g/mol. The predicted molar refractivity (Wildman–Crippen MR) is 52.0 cm³/mol. The highest BCUT2D eigenvalue weighted by Gasteiger charge is 2.16. The number of rotatable bonds is 3. The third kappa shape index (κ3) is 2.77. The molecule has 0 fully saturated rings. The minimum Gasteiger partial charge on any atom is -0.335 e. The fourth-order valence-electron chi connectivity index (χ4n) is 1.02. The topological polar surface area (TPSA) is 20.3 Å². The molecule has 0 unspecified atom stereocenters. The highest BCUT2D eigenvalue weighted by molar-refractivity contribution is 7.12. The first-order chi connectivity index (χ1) is 6.50. The monoisotopic (exact) mass is 219 g/mol. The lowest BCUT2D eigenvalue weighted by Gasteiger charge is -2.14. The Morgan fingerprint density at radius 3 is 2.71 bits per heavy atom. The number of aryl methyl sites for hydroxylation is 1. The quantitative estimate of drug-likeness (QED) is 0.764. The number of hydrogen-bond acceptors (Lipinski definition) is 2. The molecule has 0 aromatic carbocycles. The van der Waals surface area contributed by atoms with Crippen molar-refractivity contribution >= 4 is 17.2 Å². The summed E-state index contributed by atoms with van der Waals surface area (Å²) in [6.07, 6.45) is -2.48. The summed E-state index contributed by atoms with van der Waals surface area (Å²) in [6.45, 7) is 1.34. The number of carbonyl (C=O) groups excluding carboxylic acids is 1. The Labute approximate surface area is 85.1 Å². The number of alkyl halides is 2. The van der Waals surface area contributed by atoms with Gasteiger partial charge in [0.25, 0.3) is 12.3 Å². The zero-order valence-corrected chi connectivity index (χ0v) is 8.78. The average Bonchev–Trinajstić information content (AvgIpc) is 2.49. The van der Waals surface area contributed by atoms with Gasteiger partial charge in [-0.25, -0.2) is 8.78 Å². The number of halogens is 2. The molecule has 14 heavy (non-hydrogen) atoms. The van der Waals surface area contributed by atoms with Gasteiger partial charge in [-0.3, -0.25) is 4.79 Å². The standard InChI is InChI=1S/C9H11F2NOS/c1-6-3-7(14-5-6)9(13)12(2)4-8(10)11/h3,5,8H,4H2,1-2H3. The summed E-state index contributed by atoms with van der Waals surface area (Å²) in [5.74, 6) is -0.344. The maximum absolute atomic E-state index is 12.0.